The van der Waals surface area contributed by atoms with Gasteiger partial charge in [0, 0.05) is 31.3 Å². The lowest BCUT2D eigenvalue weighted by Crippen LogP contribution is -2.13. The number of hydrogen-bond donors (Lipinski definition) is 3. The Balaban J connectivity index is 3.19. The van der Waals surface area contributed by atoms with Crippen molar-refractivity contribution in [1.29, 1.82) is 0 Å². The van der Waals surface area contributed by atoms with Crippen LogP contribution in [-0.2, 0) is 4.79 Å². The molecule has 0 aliphatic rings. The number of nitrogens with two attached hydrogens (primary N) is 2. The summed E-state index contributed by atoms with van der Waals surface area (Å²) in [5.74, 6) is 0. The lowest BCUT2D eigenvalue weighted by Gasteiger charge is -2.02. The van der Waals surface area contributed by atoms with E-state index in [-0.39, 0.29) is 0 Å². The highest BCUT2D eigenvalue weighted by Gasteiger charge is 1.89. The van der Waals surface area contributed by atoms with E-state index < -0.39 is 0 Å². The second kappa shape index (κ2) is 10.1. The highest BCUT2D eigenvalue weighted by molar-refractivity contribution is 5.48. The number of rotatable bonds is 9. The minimum Gasteiger partial charge on any atom is -0.401 e. The van der Waals surface area contributed by atoms with Gasteiger partial charge in [0.25, 0.3) is 0 Å². The molecule has 0 rings (SSSR count). The van der Waals surface area contributed by atoms with Gasteiger partial charge in [-0.05, 0) is 19.4 Å². The van der Waals surface area contributed by atoms with Crippen LogP contribution in [0.25, 0.3) is 0 Å². The second-order valence-corrected chi connectivity index (χ2v) is 3.23. The van der Waals surface area contributed by atoms with Crippen LogP contribution in [0.2, 0.25) is 0 Å². The third-order valence-corrected chi connectivity index (χ3v) is 1.86. The Morgan fingerprint density at radius 2 is 2.07 bits per heavy atom. The summed E-state index contributed by atoms with van der Waals surface area (Å²) in [5.41, 5.74) is 11.7. The third kappa shape index (κ3) is 9.06. The molecule has 0 amide bonds. The Bertz CT molecular complexity index is 169. The number of nitrogens with one attached hydrogen (secondary N) is 1. The predicted molar refractivity (Wildman–Crippen MR) is 58.5 cm³/mol. The molecule has 0 saturated heterocycles. The first-order valence-electron chi connectivity index (χ1n) is 5.13. The molecule has 0 unspecified atom stereocenters. The number of aldehydes is 1. The van der Waals surface area contributed by atoms with Gasteiger partial charge >= 0.3 is 0 Å². The molecule has 0 aromatic heterocycles. The van der Waals surface area contributed by atoms with Gasteiger partial charge in [0.2, 0.25) is 0 Å². The highest BCUT2D eigenvalue weighted by Crippen LogP contribution is 1.96. The summed E-state index contributed by atoms with van der Waals surface area (Å²) in [6.45, 7) is 1.49. The van der Waals surface area contributed by atoms with Crippen LogP contribution < -0.4 is 16.8 Å². The van der Waals surface area contributed by atoms with Gasteiger partial charge in [0.15, 0.2) is 0 Å². The monoisotopic (exact) mass is 199 g/mol. The van der Waals surface area contributed by atoms with E-state index in [2.05, 4.69) is 5.32 Å². The van der Waals surface area contributed by atoms with Crippen LogP contribution in [-0.4, -0.2) is 19.4 Å². The van der Waals surface area contributed by atoms with Crippen LogP contribution in [0.15, 0.2) is 11.9 Å². The van der Waals surface area contributed by atoms with Crippen molar-refractivity contribution in [1.82, 2.24) is 5.32 Å². The molecule has 0 fully saturated rings. The Hall–Kier alpha value is -1.03. The largest absolute Gasteiger partial charge is 0.401 e. The van der Waals surface area contributed by atoms with Crippen molar-refractivity contribution >= 4 is 6.29 Å². The molecule has 0 atom stereocenters. The molecule has 5 N–H and O–H groups in total. The van der Waals surface area contributed by atoms with Crippen molar-refractivity contribution < 1.29 is 4.79 Å². The molecule has 0 aliphatic heterocycles. The number of hydrogen-bond acceptors (Lipinski definition) is 4. The fourth-order valence-corrected chi connectivity index (χ4v) is 1.07. The minimum atomic E-state index is 0.587. The van der Waals surface area contributed by atoms with Crippen LogP contribution in [0.4, 0.5) is 0 Å². The Labute approximate surface area is 85.7 Å². The Morgan fingerprint density at radius 3 is 2.71 bits per heavy atom. The van der Waals surface area contributed by atoms with Crippen LogP contribution in [0.1, 0.15) is 32.1 Å². The maximum Gasteiger partial charge on any atom is 0.119 e. The van der Waals surface area contributed by atoms with E-state index in [1.807, 2.05) is 6.20 Å². The summed E-state index contributed by atoms with van der Waals surface area (Å²) in [7, 11) is 0. The minimum absolute atomic E-state index is 0.587. The first kappa shape index (κ1) is 13.0. The van der Waals surface area contributed by atoms with Gasteiger partial charge in [-0.2, -0.15) is 0 Å². The van der Waals surface area contributed by atoms with Crippen molar-refractivity contribution in [3.8, 4) is 0 Å². The number of carbonyl (C=O) groups is 1. The molecule has 0 aromatic carbocycles. The van der Waals surface area contributed by atoms with Crippen molar-refractivity contribution in [2.24, 2.45) is 11.5 Å². The van der Waals surface area contributed by atoms with Gasteiger partial charge in [-0.3, -0.25) is 0 Å². The highest BCUT2D eigenvalue weighted by atomic mass is 16.1. The van der Waals surface area contributed by atoms with E-state index in [0.29, 0.717) is 13.0 Å². The molecule has 0 heterocycles. The van der Waals surface area contributed by atoms with Gasteiger partial charge in [0.05, 0.1) is 0 Å². The van der Waals surface area contributed by atoms with E-state index in [4.69, 9.17) is 11.5 Å². The molecule has 4 heteroatoms. The molecule has 82 valence electrons. The second-order valence-electron chi connectivity index (χ2n) is 3.23. The summed E-state index contributed by atoms with van der Waals surface area (Å²) < 4.78 is 0. The lowest BCUT2D eigenvalue weighted by molar-refractivity contribution is -0.107. The zero-order chi connectivity index (χ0) is 10.6. The Kier molecular flexibility index (Phi) is 9.31. The molecule has 4 nitrogen and oxygen atoms in total. The molecule has 0 radical (unpaired) electrons. The lowest BCUT2D eigenvalue weighted by atomic mass is 10.2. The van der Waals surface area contributed by atoms with Crippen LogP contribution in [0.5, 0.6) is 0 Å². The van der Waals surface area contributed by atoms with Crippen LogP contribution in [0.3, 0.4) is 0 Å². The van der Waals surface area contributed by atoms with Crippen molar-refractivity contribution in [3.05, 3.63) is 11.9 Å². The predicted octanol–water partition coefficient (Wildman–Crippen LogP) is 0.484. The molecule has 0 aromatic rings. The van der Waals surface area contributed by atoms with Gasteiger partial charge in [-0.1, -0.05) is 6.42 Å². The molecule has 0 bridgehead atoms. The fraction of sp³-hybridized carbons (Fsp3) is 0.700. The van der Waals surface area contributed by atoms with Crippen molar-refractivity contribution in [3.63, 3.8) is 0 Å². The SMILES string of the molecule is NCC/C(N)=C/NCCCCCC=O. The maximum atomic E-state index is 10.0. The average molecular weight is 199 g/mol. The summed E-state index contributed by atoms with van der Waals surface area (Å²) >= 11 is 0. The first-order chi connectivity index (χ1) is 6.81. The molecular weight excluding hydrogens is 178 g/mol. The van der Waals surface area contributed by atoms with E-state index in [1.165, 1.54) is 0 Å². The molecule has 14 heavy (non-hydrogen) atoms. The number of unbranched alkanes of at least 4 members (excludes halogenated alkanes) is 3. The van der Waals surface area contributed by atoms with E-state index in [1.54, 1.807) is 0 Å². The smallest absolute Gasteiger partial charge is 0.119 e. The standard InChI is InChI=1S/C10H21N3O/c11-6-5-10(12)9-13-7-3-1-2-4-8-14/h8-9,13H,1-7,11-12H2/b10-9-. The summed E-state index contributed by atoms with van der Waals surface area (Å²) in [6.07, 6.45) is 7.31. The van der Waals surface area contributed by atoms with Crippen molar-refractivity contribution in [2.45, 2.75) is 32.1 Å². The first-order valence-corrected chi connectivity index (χ1v) is 5.13. The normalized spacial score (nSPS) is 11.4. The van der Waals surface area contributed by atoms with Gasteiger partial charge in [-0.25, -0.2) is 0 Å². The van der Waals surface area contributed by atoms with E-state index in [0.717, 1.165) is 44.2 Å². The van der Waals surface area contributed by atoms with Gasteiger partial charge in [-0.15, -0.1) is 0 Å². The molecule has 0 spiro atoms. The van der Waals surface area contributed by atoms with E-state index >= 15 is 0 Å². The van der Waals surface area contributed by atoms with Crippen molar-refractivity contribution in [2.75, 3.05) is 13.1 Å². The zero-order valence-corrected chi connectivity index (χ0v) is 8.67. The number of carbonyl (C=O) groups excluding carboxylic acids is 1. The Morgan fingerprint density at radius 1 is 1.29 bits per heavy atom. The fourth-order valence-electron chi connectivity index (χ4n) is 1.07. The third-order valence-electron chi connectivity index (χ3n) is 1.86. The van der Waals surface area contributed by atoms with Crippen LogP contribution in [0, 0.1) is 0 Å². The molecular formula is C10H21N3O. The maximum absolute atomic E-state index is 10.0. The summed E-state index contributed by atoms with van der Waals surface area (Å²) in [4.78, 5) is 10.0. The summed E-state index contributed by atoms with van der Waals surface area (Å²) in [6, 6.07) is 0. The zero-order valence-electron chi connectivity index (χ0n) is 8.67. The average Bonchev–Trinajstić information content (AvgIpc) is 2.17. The molecule has 0 aliphatic carbocycles. The van der Waals surface area contributed by atoms with Crippen LogP contribution >= 0.6 is 0 Å². The van der Waals surface area contributed by atoms with E-state index in [9.17, 15) is 4.79 Å². The molecule has 0 saturated carbocycles. The quantitative estimate of drug-likeness (QED) is 0.373. The topological polar surface area (TPSA) is 81.1 Å². The summed E-state index contributed by atoms with van der Waals surface area (Å²) in [5, 5.41) is 3.12. The van der Waals surface area contributed by atoms with Gasteiger partial charge < -0.3 is 21.6 Å². The van der Waals surface area contributed by atoms with Gasteiger partial charge in [0.1, 0.15) is 6.29 Å².